The van der Waals surface area contributed by atoms with Gasteiger partial charge in [-0.1, -0.05) is 13.3 Å². The van der Waals surface area contributed by atoms with E-state index < -0.39 is 9.84 Å². The predicted molar refractivity (Wildman–Crippen MR) is 67.7 cm³/mol. The first-order valence-corrected chi connectivity index (χ1v) is 7.53. The van der Waals surface area contributed by atoms with Crippen molar-refractivity contribution in [3.8, 4) is 0 Å². The summed E-state index contributed by atoms with van der Waals surface area (Å²) in [4.78, 5) is 15.4. The Balaban J connectivity index is 2.69. The number of unbranched alkanes of at least 4 members (excludes halogenated alkanes) is 1. The maximum Gasteiger partial charge on any atom is 0.265 e. The van der Waals surface area contributed by atoms with Gasteiger partial charge in [-0.2, -0.15) is 0 Å². The Labute approximate surface area is 107 Å². The first-order valence-electron chi connectivity index (χ1n) is 5.64. The van der Waals surface area contributed by atoms with Crippen LogP contribution in [0.1, 0.15) is 30.1 Å². The first kappa shape index (κ1) is 14.6. The standard InChI is InChI=1S/C11H17N3O3S/c1-3-4-6-13-14-11(15)9-5-7-12-10(8-9)18(2,16)17/h5,7-8,13H,3-4,6H2,1-2H3,(H,14,15). The number of carbonyl (C=O) groups excluding carboxylic acids is 1. The molecule has 2 N–H and O–H groups in total. The van der Waals surface area contributed by atoms with E-state index in [0.29, 0.717) is 6.54 Å². The molecule has 0 aliphatic heterocycles. The van der Waals surface area contributed by atoms with Gasteiger partial charge in [0.05, 0.1) is 0 Å². The van der Waals surface area contributed by atoms with Crippen molar-refractivity contribution < 1.29 is 13.2 Å². The number of nitrogens with zero attached hydrogens (tertiary/aromatic N) is 1. The molecule has 18 heavy (non-hydrogen) atoms. The average Bonchev–Trinajstić information content (AvgIpc) is 2.33. The number of amides is 1. The number of hydrogen-bond donors (Lipinski definition) is 2. The van der Waals surface area contributed by atoms with E-state index in [9.17, 15) is 13.2 Å². The predicted octanol–water partition coefficient (Wildman–Crippen LogP) is 0.520. The molecular formula is C11H17N3O3S. The third-order valence-electron chi connectivity index (χ3n) is 2.23. The number of hydrazine groups is 1. The number of rotatable bonds is 6. The van der Waals surface area contributed by atoms with Crippen molar-refractivity contribution in [1.82, 2.24) is 15.8 Å². The second-order valence-corrected chi connectivity index (χ2v) is 5.85. The third-order valence-corrected chi connectivity index (χ3v) is 3.22. The zero-order valence-corrected chi connectivity index (χ0v) is 11.3. The summed E-state index contributed by atoms with van der Waals surface area (Å²) in [6.07, 6.45) is 4.33. The highest BCUT2D eigenvalue weighted by atomic mass is 32.2. The zero-order chi connectivity index (χ0) is 13.6. The van der Waals surface area contributed by atoms with Gasteiger partial charge < -0.3 is 0 Å². The van der Waals surface area contributed by atoms with Crippen LogP contribution in [-0.4, -0.2) is 32.1 Å². The monoisotopic (exact) mass is 271 g/mol. The lowest BCUT2D eigenvalue weighted by atomic mass is 10.2. The van der Waals surface area contributed by atoms with Gasteiger partial charge in [0.25, 0.3) is 5.91 Å². The van der Waals surface area contributed by atoms with Gasteiger partial charge in [-0.15, -0.1) is 0 Å². The fourth-order valence-corrected chi connectivity index (χ4v) is 1.83. The fourth-order valence-electron chi connectivity index (χ4n) is 1.23. The van der Waals surface area contributed by atoms with Crippen molar-refractivity contribution in [3.63, 3.8) is 0 Å². The van der Waals surface area contributed by atoms with Crippen molar-refractivity contribution in [2.75, 3.05) is 12.8 Å². The third kappa shape index (κ3) is 4.42. The maximum atomic E-state index is 11.7. The molecule has 0 spiro atoms. The Bertz CT molecular complexity index is 514. The Morgan fingerprint density at radius 1 is 1.44 bits per heavy atom. The van der Waals surface area contributed by atoms with Crippen molar-refractivity contribution in [1.29, 1.82) is 0 Å². The number of sulfone groups is 1. The lowest BCUT2D eigenvalue weighted by Gasteiger charge is -2.07. The molecule has 6 nitrogen and oxygen atoms in total. The van der Waals surface area contributed by atoms with Gasteiger partial charge in [-0.3, -0.25) is 10.2 Å². The molecule has 1 aromatic rings. The Kier molecular flexibility index (Phi) is 5.24. The molecule has 7 heteroatoms. The van der Waals surface area contributed by atoms with E-state index in [4.69, 9.17) is 0 Å². The SMILES string of the molecule is CCCCNNC(=O)c1ccnc(S(C)(=O)=O)c1. The van der Waals surface area contributed by atoms with Gasteiger partial charge in [0.1, 0.15) is 0 Å². The molecule has 1 heterocycles. The van der Waals surface area contributed by atoms with Crippen LogP contribution in [0.2, 0.25) is 0 Å². The zero-order valence-electron chi connectivity index (χ0n) is 10.4. The number of nitrogens with one attached hydrogen (secondary N) is 2. The number of pyridine rings is 1. The summed E-state index contributed by atoms with van der Waals surface area (Å²) in [6.45, 7) is 2.72. The summed E-state index contributed by atoms with van der Waals surface area (Å²) in [5.41, 5.74) is 5.53. The van der Waals surface area contributed by atoms with Crippen LogP contribution < -0.4 is 10.9 Å². The lowest BCUT2D eigenvalue weighted by Crippen LogP contribution is -2.37. The summed E-state index contributed by atoms with van der Waals surface area (Å²) in [5, 5.41) is -0.108. The Morgan fingerprint density at radius 2 is 2.17 bits per heavy atom. The number of aromatic nitrogens is 1. The first-order chi connectivity index (χ1) is 8.45. The lowest BCUT2D eigenvalue weighted by molar-refractivity contribution is 0.0932. The fraction of sp³-hybridized carbons (Fsp3) is 0.455. The van der Waals surface area contributed by atoms with Crippen molar-refractivity contribution in [2.24, 2.45) is 0 Å². The van der Waals surface area contributed by atoms with Crippen molar-refractivity contribution in [3.05, 3.63) is 23.9 Å². The van der Waals surface area contributed by atoms with Crippen LogP contribution in [0.3, 0.4) is 0 Å². The molecule has 0 radical (unpaired) electrons. The van der Waals surface area contributed by atoms with Gasteiger partial charge in [-0.05, 0) is 18.6 Å². The van der Waals surface area contributed by atoms with E-state index in [1.807, 2.05) is 6.92 Å². The average molecular weight is 271 g/mol. The summed E-state index contributed by atoms with van der Waals surface area (Å²) in [5.74, 6) is -0.376. The minimum absolute atomic E-state index is 0.108. The second kappa shape index (κ2) is 6.46. The minimum Gasteiger partial charge on any atom is -0.287 e. The van der Waals surface area contributed by atoms with Gasteiger partial charge in [0, 0.05) is 24.6 Å². The van der Waals surface area contributed by atoms with E-state index in [2.05, 4.69) is 15.8 Å². The van der Waals surface area contributed by atoms with Crippen molar-refractivity contribution >= 4 is 15.7 Å². The van der Waals surface area contributed by atoms with Crippen LogP contribution >= 0.6 is 0 Å². The van der Waals surface area contributed by atoms with Crippen molar-refractivity contribution in [2.45, 2.75) is 24.8 Å². The van der Waals surface area contributed by atoms with Crippen LogP contribution in [0, 0.1) is 0 Å². The maximum absolute atomic E-state index is 11.7. The number of hydrogen-bond acceptors (Lipinski definition) is 5. The van der Waals surface area contributed by atoms with Crippen LogP contribution in [0.25, 0.3) is 0 Å². The van der Waals surface area contributed by atoms with E-state index in [1.165, 1.54) is 18.3 Å². The van der Waals surface area contributed by atoms with Gasteiger partial charge in [0.2, 0.25) is 0 Å². The second-order valence-electron chi connectivity index (χ2n) is 3.89. The van der Waals surface area contributed by atoms with E-state index in [1.54, 1.807) is 0 Å². The van der Waals surface area contributed by atoms with Gasteiger partial charge in [0.15, 0.2) is 14.9 Å². The summed E-state index contributed by atoms with van der Waals surface area (Å²) >= 11 is 0. The van der Waals surface area contributed by atoms with Crippen LogP contribution in [0.15, 0.2) is 23.4 Å². The van der Waals surface area contributed by atoms with E-state index in [0.717, 1.165) is 19.1 Å². The summed E-state index contributed by atoms with van der Waals surface area (Å²) in [6, 6.07) is 2.72. The molecule has 0 bridgehead atoms. The molecule has 0 aromatic carbocycles. The van der Waals surface area contributed by atoms with Crippen LogP contribution in [-0.2, 0) is 9.84 Å². The number of carbonyl (C=O) groups is 1. The largest absolute Gasteiger partial charge is 0.287 e. The molecule has 100 valence electrons. The summed E-state index contributed by atoms with van der Waals surface area (Å²) < 4.78 is 22.6. The van der Waals surface area contributed by atoms with Gasteiger partial charge >= 0.3 is 0 Å². The van der Waals surface area contributed by atoms with E-state index in [-0.39, 0.29) is 16.5 Å². The topological polar surface area (TPSA) is 88.2 Å². The summed E-state index contributed by atoms with van der Waals surface area (Å²) in [7, 11) is -3.40. The molecular weight excluding hydrogens is 254 g/mol. The molecule has 0 aliphatic carbocycles. The quantitative estimate of drug-likeness (QED) is 0.581. The smallest absolute Gasteiger partial charge is 0.265 e. The molecule has 1 amide bonds. The molecule has 1 rings (SSSR count). The minimum atomic E-state index is -3.40. The normalized spacial score (nSPS) is 11.2. The Morgan fingerprint density at radius 3 is 2.78 bits per heavy atom. The molecule has 0 saturated heterocycles. The molecule has 1 aromatic heterocycles. The highest BCUT2D eigenvalue weighted by molar-refractivity contribution is 7.90. The Hall–Kier alpha value is -1.47. The van der Waals surface area contributed by atoms with E-state index >= 15 is 0 Å². The van der Waals surface area contributed by atoms with Gasteiger partial charge in [-0.25, -0.2) is 18.8 Å². The molecule has 0 unspecified atom stereocenters. The van der Waals surface area contributed by atoms with Crippen LogP contribution in [0.4, 0.5) is 0 Å². The highest BCUT2D eigenvalue weighted by Crippen LogP contribution is 2.07. The highest BCUT2D eigenvalue weighted by Gasteiger charge is 2.12. The molecule has 0 saturated carbocycles. The molecule has 0 aliphatic rings. The molecule has 0 fully saturated rings. The van der Waals surface area contributed by atoms with Crippen LogP contribution in [0.5, 0.6) is 0 Å². The molecule has 0 atom stereocenters.